The molecule has 1 unspecified atom stereocenters. The van der Waals surface area contributed by atoms with E-state index < -0.39 is 5.67 Å². The molecule has 0 spiro atoms. The van der Waals surface area contributed by atoms with Gasteiger partial charge in [-0.05, 0) is 44.0 Å². The Morgan fingerprint density at radius 3 is 2.00 bits per heavy atom. The van der Waals surface area contributed by atoms with Crippen LogP contribution >= 0.6 is 0 Å². The van der Waals surface area contributed by atoms with Crippen molar-refractivity contribution in [2.24, 2.45) is 5.73 Å². The molecule has 1 atom stereocenters. The molecular formula is C13H20FNO2. The van der Waals surface area contributed by atoms with Gasteiger partial charge in [0.05, 0.1) is 14.2 Å². The maximum atomic E-state index is 14.1. The Bertz CT molecular complexity index is 397. The largest absolute Gasteiger partial charge is 0.493 e. The number of hydrogen-bond donors (Lipinski definition) is 1. The minimum atomic E-state index is -1.47. The van der Waals surface area contributed by atoms with Crippen molar-refractivity contribution in [3.05, 3.63) is 23.3 Å². The highest BCUT2D eigenvalue weighted by atomic mass is 19.1. The van der Waals surface area contributed by atoms with Crippen molar-refractivity contribution >= 4 is 0 Å². The third kappa shape index (κ3) is 2.88. The Balaban J connectivity index is 3.46. The van der Waals surface area contributed by atoms with Gasteiger partial charge in [-0.15, -0.1) is 0 Å². The van der Waals surface area contributed by atoms with Gasteiger partial charge in [0, 0.05) is 6.04 Å². The highest BCUT2D eigenvalue weighted by molar-refractivity contribution is 5.50. The molecule has 1 rings (SSSR count). The second-order valence-electron chi connectivity index (χ2n) is 4.56. The van der Waals surface area contributed by atoms with E-state index in [9.17, 15) is 4.39 Å². The number of methoxy groups -OCH3 is 2. The van der Waals surface area contributed by atoms with Crippen LogP contribution in [0.1, 0.15) is 37.9 Å². The van der Waals surface area contributed by atoms with E-state index in [1.807, 2.05) is 6.92 Å². The lowest BCUT2D eigenvalue weighted by Crippen LogP contribution is -2.17. The van der Waals surface area contributed by atoms with Crippen LogP contribution in [0.15, 0.2) is 12.1 Å². The van der Waals surface area contributed by atoms with Crippen LogP contribution in [0.3, 0.4) is 0 Å². The summed E-state index contributed by atoms with van der Waals surface area (Å²) in [5.41, 5.74) is 5.66. The lowest BCUT2D eigenvalue weighted by Gasteiger charge is -2.23. The molecule has 0 aliphatic rings. The fraction of sp³-hybridized carbons (Fsp3) is 0.538. The van der Waals surface area contributed by atoms with E-state index in [0.717, 1.165) is 5.56 Å². The summed E-state index contributed by atoms with van der Waals surface area (Å²) < 4.78 is 24.5. The third-order valence-corrected chi connectivity index (χ3v) is 2.69. The Kier molecular flexibility index (Phi) is 3.98. The van der Waals surface area contributed by atoms with Gasteiger partial charge in [0.25, 0.3) is 0 Å². The zero-order chi connectivity index (χ0) is 13.2. The summed E-state index contributed by atoms with van der Waals surface area (Å²) in [7, 11) is 3.07. The van der Waals surface area contributed by atoms with Crippen LogP contribution in [-0.4, -0.2) is 14.2 Å². The Morgan fingerprint density at radius 1 is 1.18 bits per heavy atom. The van der Waals surface area contributed by atoms with Crippen molar-refractivity contribution in [1.29, 1.82) is 0 Å². The number of benzene rings is 1. The number of hydrogen-bond acceptors (Lipinski definition) is 3. The van der Waals surface area contributed by atoms with Crippen LogP contribution in [0.25, 0.3) is 0 Å². The number of rotatable bonds is 4. The van der Waals surface area contributed by atoms with Gasteiger partial charge in [-0.2, -0.15) is 0 Å². The molecule has 1 aromatic rings. The number of halogens is 1. The van der Waals surface area contributed by atoms with E-state index >= 15 is 0 Å². The monoisotopic (exact) mass is 241 g/mol. The first-order valence-corrected chi connectivity index (χ1v) is 5.52. The lowest BCUT2D eigenvalue weighted by atomic mass is 9.91. The molecule has 0 fully saturated rings. The molecule has 3 nitrogen and oxygen atoms in total. The number of alkyl halides is 1. The molecular weight excluding hydrogens is 221 g/mol. The molecule has 0 aliphatic carbocycles. The standard InChI is InChI=1S/C13H20FNO2/c1-8(15)9-6-11(16-4)12(17-5)7-10(9)13(2,3)14/h6-8H,15H2,1-5H3. The van der Waals surface area contributed by atoms with Crippen molar-refractivity contribution in [1.82, 2.24) is 0 Å². The predicted molar refractivity (Wildman–Crippen MR) is 66.3 cm³/mol. The fourth-order valence-electron chi connectivity index (χ4n) is 1.79. The zero-order valence-corrected chi connectivity index (χ0v) is 11.0. The topological polar surface area (TPSA) is 44.5 Å². The van der Waals surface area contributed by atoms with Gasteiger partial charge in [0.15, 0.2) is 11.5 Å². The predicted octanol–water partition coefficient (Wildman–Crippen LogP) is 2.93. The molecule has 0 amide bonds. The minimum absolute atomic E-state index is 0.264. The molecule has 0 saturated carbocycles. The summed E-state index contributed by atoms with van der Waals surface area (Å²) in [4.78, 5) is 0. The third-order valence-electron chi connectivity index (χ3n) is 2.69. The van der Waals surface area contributed by atoms with Crippen molar-refractivity contribution in [3.63, 3.8) is 0 Å². The molecule has 0 heterocycles. The van der Waals surface area contributed by atoms with Crippen molar-refractivity contribution < 1.29 is 13.9 Å². The highest BCUT2D eigenvalue weighted by Crippen LogP contribution is 2.38. The Labute approximate surface area is 102 Å². The summed E-state index contributed by atoms with van der Waals surface area (Å²) in [6.45, 7) is 4.82. The molecule has 0 radical (unpaired) electrons. The number of nitrogens with two attached hydrogens (primary N) is 1. The van der Waals surface area contributed by atoms with E-state index in [0.29, 0.717) is 17.1 Å². The summed E-state index contributed by atoms with van der Waals surface area (Å²) in [5.74, 6) is 1.07. The molecule has 1 aromatic carbocycles. The maximum absolute atomic E-state index is 14.1. The molecule has 0 aliphatic heterocycles. The van der Waals surface area contributed by atoms with Crippen LogP contribution in [0.2, 0.25) is 0 Å². The van der Waals surface area contributed by atoms with Gasteiger partial charge in [-0.25, -0.2) is 4.39 Å². The van der Waals surface area contributed by atoms with Crippen LogP contribution < -0.4 is 15.2 Å². The summed E-state index contributed by atoms with van der Waals surface area (Å²) in [6, 6.07) is 3.12. The smallest absolute Gasteiger partial charge is 0.161 e. The fourth-order valence-corrected chi connectivity index (χ4v) is 1.79. The van der Waals surface area contributed by atoms with Crippen molar-refractivity contribution in [2.75, 3.05) is 14.2 Å². The van der Waals surface area contributed by atoms with E-state index in [1.54, 1.807) is 19.2 Å². The molecule has 0 bridgehead atoms. The summed E-state index contributed by atoms with van der Waals surface area (Å²) >= 11 is 0. The van der Waals surface area contributed by atoms with Gasteiger partial charge in [-0.1, -0.05) is 0 Å². The molecule has 4 heteroatoms. The first kappa shape index (κ1) is 13.8. The minimum Gasteiger partial charge on any atom is -0.493 e. The second-order valence-corrected chi connectivity index (χ2v) is 4.56. The molecule has 0 saturated heterocycles. The normalized spacial score (nSPS) is 13.4. The molecule has 96 valence electrons. The Hall–Kier alpha value is -1.29. The summed E-state index contributed by atoms with van der Waals surface area (Å²) in [5, 5.41) is 0. The second kappa shape index (κ2) is 4.92. The lowest BCUT2D eigenvalue weighted by molar-refractivity contribution is 0.217. The average molecular weight is 241 g/mol. The molecule has 17 heavy (non-hydrogen) atoms. The van der Waals surface area contributed by atoms with Gasteiger partial charge in [0.1, 0.15) is 5.67 Å². The van der Waals surface area contributed by atoms with Crippen LogP contribution in [-0.2, 0) is 5.67 Å². The Morgan fingerprint density at radius 2 is 1.65 bits per heavy atom. The molecule has 2 N–H and O–H groups in total. The van der Waals surface area contributed by atoms with Gasteiger partial charge in [-0.3, -0.25) is 0 Å². The van der Waals surface area contributed by atoms with Gasteiger partial charge in [0.2, 0.25) is 0 Å². The van der Waals surface area contributed by atoms with E-state index in [4.69, 9.17) is 15.2 Å². The van der Waals surface area contributed by atoms with Crippen LogP contribution in [0.4, 0.5) is 4.39 Å². The van der Waals surface area contributed by atoms with Crippen molar-refractivity contribution in [2.45, 2.75) is 32.5 Å². The van der Waals surface area contributed by atoms with Gasteiger partial charge < -0.3 is 15.2 Å². The first-order chi connectivity index (χ1) is 7.81. The average Bonchev–Trinajstić information content (AvgIpc) is 2.25. The van der Waals surface area contributed by atoms with Gasteiger partial charge >= 0.3 is 0 Å². The number of ether oxygens (including phenoxy) is 2. The zero-order valence-electron chi connectivity index (χ0n) is 11.0. The van der Waals surface area contributed by atoms with E-state index in [1.165, 1.54) is 21.0 Å². The summed E-state index contributed by atoms with van der Waals surface area (Å²) in [6.07, 6.45) is 0. The first-order valence-electron chi connectivity index (χ1n) is 5.52. The maximum Gasteiger partial charge on any atom is 0.161 e. The van der Waals surface area contributed by atoms with Crippen molar-refractivity contribution in [3.8, 4) is 11.5 Å². The van der Waals surface area contributed by atoms with Crippen LogP contribution in [0, 0.1) is 0 Å². The quantitative estimate of drug-likeness (QED) is 0.881. The molecule has 0 aromatic heterocycles. The van der Waals surface area contributed by atoms with E-state index in [-0.39, 0.29) is 6.04 Å². The SMILES string of the molecule is COc1cc(C(C)N)c(C(C)(C)F)cc1OC. The van der Waals surface area contributed by atoms with Crippen LogP contribution in [0.5, 0.6) is 11.5 Å². The highest BCUT2D eigenvalue weighted by Gasteiger charge is 2.26. The van der Waals surface area contributed by atoms with E-state index in [2.05, 4.69) is 0 Å².